The summed E-state index contributed by atoms with van der Waals surface area (Å²) in [6, 6.07) is 13.4. The van der Waals surface area contributed by atoms with Crippen LogP contribution >= 0.6 is 11.3 Å². The third-order valence-electron chi connectivity index (χ3n) is 6.33. The fraction of sp³-hybridized carbons (Fsp3) is 0.400. The molecule has 1 aromatic carbocycles. The van der Waals surface area contributed by atoms with E-state index in [4.69, 9.17) is 15.5 Å². The number of halogens is 1. The first-order valence-corrected chi connectivity index (χ1v) is 13.9. The number of nitrogen functional groups attached to an aromatic ring is 1. The first-order valence-electron chi connectivity index (χ1n) is 13.1. The van der Waals surface area contributed by atoms with Crippen molar-refractivity contribution in [2.45, 2.75) is 52.4 Å². The summed E-state index contributed by atoms with van der Waals surface area (Å²) in [7, 11) is 1.73. The van der Waals surface area contributed by atoms with Crippen LogP contribution < -0.4 is 11.1 Å². The number of anilines is 1. The lowest BCUT2D eigenvalue weighted by Crippen LogP contribution is -2.21. The van der Waals surface area contributed by atoms with Crippen LogP contribution in [-0.2, 0) is 11.2 Å². The fourth-order valence-electron chi connectivity index (χ4n) is 3.98. The number of ether oxygens (including phenoxy) is 1. The van der Waals surface area contributed by atoms with E-state index < -0.39 is 0 Å². The number of nitrogens with two attached hydrogens (primary N) is 1. The minimum Gasteiger partial charge on any atom is -0.399 e. The molecule has 198 valence electrons. The number of methoxy groups -OCH3 is 1. The molecule has 1 fully saturated rings. The smallest absolute Gasteiger partial charge is 0.128 e. The van der Waals surface area contributed by atoms with E-state index in [1.165, 1.54) is 46.0 Å². The zero-order valence-electron chi connectivity index (χ0n) is 22.4. The minimum atomic E-state index is -0.241. The molecular formula is C30H39FN4OS. The molecule has 0 saturated heterocycles. The third-order valence-corrected chi connectivity index (χ3v) is 7.53. The first-order chi connectivity index (χ1) is 18.0. The molecule has 0 unspecified atom stereocenters. The standard InChI is InChI=1S/C21H25N3OS.C7H8FN.C2H6/c1-25-12-11-22-9-7-15-5-6-18(24-14-15)20-13-19-21(26-20)17(8-10-23-19)16-3-2-4-16;1-5-2-3-6(9)4-7(5)8;1-2/h5-6,8,10,13-14,16,22H,2-4,7,9,11-12H2,1H3;2-4H,9H2,1H3;1-2H3. The van der Waals surface area contributed by atoms with Crippen molar-refractivity contribution >= 4 is 27.2 Å². The maximum Gasteiger partial charge on any atom is 0.128 e. The number of nitrogens with zero attached hydrogens (tertiary/aromatic N) is 2. The second-order valence-corrected chi connectivity index (χ2v) is 9.96. The Morgan fingerprint density at radius 2 is 1.89 bits per heavy atom. The van der Waals surface area contributed by atoms with Crippen molar-refractivity contribution in [1.29, 1.82) is 0 Å². The molecule has 1 saturated carbocycles. The molecule has 0 spiro atoms. The van der Waals surface area contributed by atoms with Gasteiger partial charge in [-0.25, -0.2) is 4.39 Å². The van der Waals surface area contributed by atoms with Gasteiger partial charge in [-0.1, -0.05) is 32.4 Å². The number of hydrogen-bond donors (Lipinski definition) is 2. The normalized spacial score (nSPS) is 12.8. The summed E-state index contributed by atoms with van der Waals surface area (Å²) in [4.78, 5) is 10.5. The number of benzene rings is 1. The molecule has 37 heavy (non-hydrogen) atoms. The van der Waals surface area contributed by atoms with Gasteiger partial charge in [0.25, 0.3) is 0 Å². The van der Waals surface area contributed by atoms with Crippen molar-refractivity contribution in [3.63, 3.8) is 0 Å². The van der Waals surface area contributed by atoms with Gasteiger partial charge in [-0.2, -0.15) is 0 Å². The molecular weight excluding hydrogens is 483 g/mol. The molecule has 7 heteroatoms. The molecule has 1 aliphatic carbocycles. The van der Waals surface area contributed by atoms with E-state index in [-0.39, 0.29) is 5.82 Å². The molecule has 3 heterocycles. The van der Waals surface area contributed by atoms with E-state index in [1.807, 2.05) is 37.6 Å². The van der Waals surface area contributed by atoms with E-state index in [0.717, 1.165) is 43.2 Å². The van der Waals surface area contributed by atoms with Gasteiger partial charge < -0.3 is 15.8 Å². The minimum absolute atomic E-state index is 0.241. The van der Waals surface area contributed by atoms with Gasteiger partial charge in [-0.05, 0) is 85.7 Å². The molecule has 0 bridgehead atoms. The number of pyridine rings is 2. The van der Waals surface area contributed by atoms with Crippen molar-refractivity contribution in [2.24, 2.45) is 0 Å². The Labute approximate surface area is 224 Å². The van der Waals surface area contributed by atoms with Gasteiger partial charge >= 0.3 is 0 Å². The van der Waals surface area contributed by atoms with E-state index in [1.54, 1.807) is 26.2 Å². The predicted octanol–water partition coefficient (Wildman–Crippen LogP) is 7.15. The highest BCUT2D eigenvalue weighted by molar-refractivity contribution is 7.22. The van der Waals surface area contributed by atoms with Crippen LogP contribution in [0.4, 0.5) is 10.1 Å². The van der Waals surface area contributed by atoms with Crippen molar-refractivity contribution in [1.82, 2.24) is 15.3 Å². The van der Waals surface area contributed by atoms with Crippen molar-refractivity contribution in [3.8, 4) is 10.6 Å². The number of aryl methyl sites for hydroxylation is 1. The van der Waals surface area contributed by atoms with E-state index in [9.17, 15) is 4.39 Å². The number of rotatable bonds is 8. The van der Waals surface area contributed by atoms with Crippen LogP contribution in [0, 0.1) is 12.7 Å². The summed E-state index contributed by atoms with van der Waals surface area (Å²) >= 11 is 1.84. The number of thiophene rings is 1. The molecule has 0 radical (unpaired) electrons. The molecule has 1 aliphatic rings. The molecule has 0 atom stereocenters. The van der Waals surface area contributed by atoms with E-state index in [0.29, 0.717) is 11.3 Å². The summed E-state index contributed by atoms with van der Waals surface area (Å²) in [5.41, 5.74) is 11.3. The fourth-order valence-corrected chi connectivity index (χ4v) is 5.17. The van der Waals surface area contributed by atoms with Crippen LogP contribution in [0.25, 0.3) is 20.8 Å². The number of fused-ring (bicyclic) bond motifs is 1. The van der Waals surface area contributed by atoms with Crippen LogP contribution in [0.5, 0.6) is 0 Å². The van der Waals surface area contributed by atoms with E-state index in [2.05, 4.69) is 34.6 Å². The number of hydrogen-bond acceptors (Lipinski definition) is 6. The third kappa shape index (κ3) is 8.06. The highest BCUT2D eigenvalue weighted by Gasteiger charge is 2.22. The van der Waals surface area contributed by atoms with Crippen LogP contribution in [0.15, 0.2) is 54.9 Å². The summed E-state index contributed by atoms with van der Waals surface area (Å²) in [5.74, 6) is 0.489. The molecule has 3 N–H and O–H groups in total. The topological polar surface area (TPSA) is 73.1 Å². The largest absolute Gasteiger partial charge is 0.399 e. The molecule has 5 rings (SSSR count). The molecule has 3 aromatic heterocycles. The van der Waals surface area contributed by atoms with Crippen LogP contribution in [0.3, 0.4) is 0 Å². The zero-order valence-corrected chi connectivity index (χ0v) is 23.2. The summed E-state index contributed by atoms with van der Waals surface area (Å²) in [6.07, 6.45) is 8.93. The lowest BCUT2D eigenvalue weighted by atomic mass is 9.80. The van der Waals surface area contributed by atoms with E-state index >= 15 is 0 Å². The van der Waals surface area contributed by atoms with Crippen LogP contribution in [0.2, 0.25) is 0 Å². The lowest BCUT2D eigenvalue weighted by molar-refractivity contribution is 0.199. The number of aromatic nitrogens is 2. The predicted molar refractivity (Wildman–Crippen MR) is 155 cm³/mol. The van der Waals surface area contributed by atoms with Crippen LogP contribution in [-0.4, -0.2) is 36.8 Å². The molecule has 0 amide bonds. The van der Waals surface area contributed by atoms with Gasteiger partial charge in [0.2, 0.25) is 0 Å². The zero-order chi connectivity index (χ0) is 26.6. The Morgan fingerprint density at radius 1 is 1.08 bits per heavy atom. The van der Waals surface area contributed by atoms with Gasteiger partial charge in [0.05, 0.1) is 27.4 Å². The molecule has 4 aromatic rings. The Balaban J connectivity index is 0.000000291. The van der Waals surface area contributed by atoms with Crippen molar-refractivity contribution < 1.29 is 9.13 Å². The SMILES string of the molecule is CC.COCCNCCc1ccc(-c2cc3nccc(C4CCC4)c3s2)nc1.Cc1ccc(N)cc1F. The lowest BCUT2D eigenvalue weighted by Gasteiger charge is -2.25. The van der Waals surface area contributed by atoms with Gasteiger partial charge in [-0.3, -0.25) is 9.97 Å². The second kappa shape index (κ2) is 14.8. The average molecular weight is 523 g/mol. The summed E-state index contributed by atoms with van der Waals surface area (Å²) < 4.78 is 18.9. The van der Waals surface area contributed by atoms with Gasteiger partial charge in [0, 0.05) is 31.7 Å². The Hall–Kier alpha value is -2.87. The first kappa shape index (κ1) is 28.7. The number of nitrogens with one attached hydrogen (secondary N) is 1. The Morgan fingerprint density at radius 3 is 2.51 bits per heavy atom. The Kier molecular flexibility index (Phi) is 11.5. The summed E-state index contributed by atoms with van der Waals surface area (Å²) in [6.45, 7) is 8.29. The van der Waals surface area contributed by atoms with Gasteiger partial charge in [-0.15, -0.1) is 11.3 Å². The van der Waals surface area contributed by atoms with Crippen LogP contribution in [0.1, 0.15) is 55.7 Å². The average Bonchev–Trinajstić information content (AvgIpc) is 3.33. The van der Waals surface area contributed by atoms with Gasteiger partial charge in [0.1, 0.15) is 5.82 Å². The Bertz CT molecular complexity index is 1240. The molecule has 5 nitrogen and oxygen atoms in total. The van der Waals surface area contributed by atoms with Crippen molar-refractivity contribution in [3.05, 3.63) is 77.4 Å². The second-order valence-electron chi connectivity index (χ2n) is 8.91. The van der Waals surface area contributed by atoms with Crippen molar-refractivity contribution in [2.75, 3.05) is 32.5 Å². The maximum absolute atomic E-state index is 12.5. The molecule has 0 aliphatic heterocycles. The highest BCUT2D eigenvalue weighted by Crippen LogP contribution is 2.42. The quantitative estimate of drug-likeness (QED) is 0.190. The maximum atomic E-state index is 12.5. The highest BCUT2D eigenvalue weighted by atomic mass is 32.1. The summed E-state index contributed by atoms with van der Waals surface area (Å²) in [5, 5.41) is 3.37. The van der Waals surface area contributed by atoms with Gasteiger partial charge in [0.15, 0.2) is 0 Å². The monoisotopic (exact) mass is 522 g/mol.